The summed E-state index contributed by atoms with van der Waals surface area (Å²) in [4.78, 5) is 30.6. The van der Waals surface area contributed by atoms with E-state index in [1.807, 2.05) is 24.0 Å². The standard InChI is InChI=1S/C17H23N3O2/c1-12-5-6-15(18-11-12)19-16(21)13-7-9-20(10-8-13)17(22)14-3-2-4-14/h5-6,11,13-14H,2-4,7-10H2,1H3,(H,18,19,21). The monoisotopic (exact) mass is 301 g/mol. The maximum atomic E-state index is 12.3. The summed E-state index contributed by atoms with van der Waals surface area (Å²) in [6.45, 7) is 3.37. The zero-order valence-corrected chi connectivity index (χ0v) is 13.0. The second-order valence-electron chi connectivity index (χ2n) is 6.44. The normalized spacial score (nSPS) is 19.6. The van der Waals surface area contributed by atoms with E-state index in [0.29, 0.717) is 24.8 Å². The largest absolute Gasteiger partial charge is 0.342 e. The molecule has 22 heavy (non-hydrogen) atoms. The Balaban J connectivity index is 1.49. The van der Waals surface area contributed by atoms with Gasteiger partial charge in [0.05, 0.1) is 0 Å². The summed E-state index contributed by atoms with van der Waals surface area (Å²) in [6.07, 6.45) is 6.50. The number of carbonyl (C=O) groups excluding carboxylic acids is 2. The molecule has 1 aromatic heterocycles. The molecule has 118 valence electrons. The Bertz CT molecular complexity index is 544. The molecule has 0 aromatic carbocycles. The van der Waals surface area contributed by atoms with Gasteiger partial charge in [0.25, 0.3) is 0 Å². The van der Waals surface area contributed by atoms with Crippen molar-refractivity contribution in [2.75, 3.05) is 18.4 Å². The first kappa shape index (κ1) is 15.0. The summed E-state index contributed by atoms with van der Waals surface area (Å²) in [7, 11) is 0. The summed E-state index contributed by atoms with van der Waals surface area (Å²) in [6, 6.07) is 3.75. The third kappa shape index (κ3) is 3.29. The second kappa shape index (κ2) is 6.46. The third-order valence-corrected chi connectivity index (χ3v) is 4.79. The molecule has 5 nitrogen and oxygen atoms in total. The van der Waals surface area contributed by atoms with Gasteiger partial charge in [-0.3, -0.25) is 9.59 Å². The molecule has 1 saturated heterocycles. The maximum absolute atomic E-state index is 12.3. The summed E-state index contributed by atoms with van der Waals surface area (Å²) in [5, 5.41) is 2.87. The minimum atomic E-state index is -0.0199. The summed E-state index contributed by atoms with van der Waals surface area (Å²) in [5.74, 6) is 1.15. The zero-order chi connectivity index (χ0) is 15.5. The molecule has 2 aliphatic rings. The minimum Gasteiger partial charge on any atom is -0.342 e. The quantitative estimate of drug-likeness (QED) is 0.932. The van der Waals surface area contributed by atoms with Crippen molar-refractivity contribution in [1.82, 2.24) is 9.88 Å². The molecule has 1 aromatic rings. The van der Waals surface area contributed by atoms with Crippen LogP contribution in [-0.2, 0) is 9.59 Å². The van der Waals surface area contributed by atoms with Gasteiger partial charge in [-0.2, -0.15) is 0 Å². The zero-order valence-electron chi connectivity index (χ0n) is 13.0. The summed E-state index contributed by atoms with van der Waals surface area (Å²) >= 11 is 0. The van der Waals surface area contributed by atoms with Crippen LogP contribution in [0.3, 0.4) is 0 Å². The first-order chi connectivity index (χ1) is 10.6. The fraction of sp³-hybridized carbons (Fsp3) is 0.588. The van der Waals surface area contributed by atoms with Crippen molar-refractivity contribution in [3.05, 3.63) is 23.9 Å². The van der Waals surface area contributed by atoms with Gasteiger partial charge in [0.1, 0.15) is 5.82 Å². The van der Waals surface area contributed by atoms with Crippen LogP contribution in [0.2, 0.25) is 0 Å². The number of likely N-dealkylation sites (tertiary alicyclic amines) is 1. The Morgan fingerprint density at radius 1 is 1.14 bits per heavy atom. The van der Waals surface area contributed by atoms with E-state index in [1.54, 1.807) is 6.20 Å². The average Bonchev–Trinajstić information content (AvgIpc) is 2.48. The van der Waals surface area contributed by atoms with Crippen LogP contribution in [0.5, 0.6) is 0 Å². The molecule has 5 heteroatoms. The van der Waals surface area contributed by atoms with Crippen LogP contribution >= 0.6 is 0 Å². The van der Waals surface area contributed by atoms with Gasteiger partial charge in [-0.1, -0.05) is 12.5 Å². The van der Waals surface area contributed by atoms with Crippen LogP contribution in [0.4, 0.5) is 5.82 Å². The predicted octanol–water partition coefficient (Wildman–Crippen LogP) is 2.37. The highest BCUT2D eigenvalue weighted by Crippen LogP contribution is 2.30. The molecule has 1 aliphatic heterocycles. The van der Waals surface area contributed by atoms with Crippen molar-refractivity contribution in [3.8, 4) is 0 Å². The van der Waals surface area contributed by atoms with E-state index >= 15 is 0 Å². The minimum absolute atomic E-state index is 0.0199. The number of aryl methyl sites for hydroxylation is 1. The van der Waals surface area contributed by atoms with E-state index in [0.717, 1.165) is 31.2 Å². The lowest BCUT2D eigenvalue weighted by atomic mass is 9.83. The van der Waals surface area contributed by atoms with Crippen molar-refractivity contribution in [1.29, 1.82) is 0 Å². The van der Waals surface area contributed by atoms with Crippen LogP contribution in [0.15, 0.2) is 18.3 Å². The first-order valence-electron chi connectivity index (χ1n) is 8.16. The Labute approximate surface area is 131 Å². The highest BCUT2D eigenvalue weighted by Gasteiger charge is 2.33. The predicted molar refractivity (Wildman–Crippen MR) is 84.2 cm³/mol. The highest BCUT2D eigenvalue weighted by atomic mass is 16.2. The van der Waals surface area contributed by atoms with E-state index < -0.39 is 0 Å². The lowest BCUT2D eigenvalue weighted by Crippen LogP contribution is -2.45. The number of hydrogen-bond donors (Lipinski definition) is 1. The Morgan fingerprint density at radius 2 is 1.86 bits per heavy atom. The summed E-state index contributed by atoms with van der Waals surface area (Å²) in [5.41, 5.74) is 1.07. The number of pyridine rings is 1. The Hall–Kier alpha value is -1.91. The number of hydrogen-bond acceptors (Lipinski definition) is 3. The summed E-state index contributed by atoms with van der Waals surface area (Å²) < 4.78 is 0. The Kier molecular flexibility index (Phi) is 4.41. The van der Waals surface area contributed by atoms with Crippen LogP contribution in [0, 0.1) is 18.8 Å². The SMILES string of the molecule is Cc1ccc(NC(=O)C2CCN(C(=O)C3CCC3)CC2)nc1. The fourth-order valence-electron chi connectivity index (χ4n) is 3.05. The van der Waals surface area contributed by atoms with Gasteiger partial charge in [0.2, 0.25) is 11.8 Å². The van der Waals surface area contributed by atoms with Crippen molar-refractivity contribution >= 4 is 17.6 Å². The fourth-order valence-corrected chi connectivity index (χ4v) is 3.05. The molecule has 1 aliphatic carbocycles. The van der Waals surface area contributed by atoms with Crippen molar-refractivity contribution in [3.63, 3.8) is 0 Å². The number of piperidine rings is 1. The van der Waals surface area contributed by atoms with E-state index in [1.165, 1.54) is 6.42 Å². The topological polar surface area (TPSA) is 62.3 Å². The second-order valence-corrected chi connectivity index (χ2v) is 6.44. The molecule has 0 bridgehead atoms. The van der Waals surface area contributed by atoms with E-state index in [2.05, 4.69) is 10.3 Å². The molecule has 2 amide bonds. The van der Waals surface area contributed by atoms with Crippen LogP contribution in [-0.4, -0.2) is 34.8 Å². The molecule has 0 unspecified atom stereocenters. The molecule has 1 N–H and O–H groups in total. The number of aromatic nitrogens is 1. The maximum Gasteiger partial charge on any atom is 0.228 e. The van der Waals surface area contributed by atoms with Crippen LogP contribution in [0.25, 0.3) is 0 Å². The van der Waals surface area contributed by atoms with Gasteiger partial charge in [-0.05, 0) is 44.2 Å². The third-order valence-electron chi connectivity index (χ3n) is 4.79. The lowest BCUT2D eigenvalue weighted by molar-refractivity contribution is -0.140. The molecule has 0 spiro atoms. The lowest BCUT2D eigenvalue weighted by Gasteiger charge is -2.36. The molecule has 2 heterocycles. The number of rotatable bonds is 3. The highest BCUT2D eigenvalue weighted by molar-refractivity contribution is 5.92. The van der Waals surface area contributed by atoms with Gasteiger partial charge in [-0.25, -0.2) is 4.98 Å². The number of nitrogens with zero attached hydrogens (tertiary/aromatic N) is 2. The number of nitrogens with one attached hydrogen (secondary N) is 1. The van der Waals surface area contributed by atoms with Gasteiger partial charge < -0.3 is 10.2 Å². The number of anilines is 1. The Morgan fingerprint density at radius 3 is 2.41 bits per heavy atom. The van der Waals surface area contributed by atoms with Crippen LogP contribution < -0.4 is 5.32 Å². The first-order valence-corrected chi connectivity index (χ1v) is 8.16. The van der Waals surface area contributed by atoms with Crippen molar-refractivity contribution in [2.24, 2.45) is 11.8 Å². The smallest absolute Gasteiger partial charge is 0.228 e. The molecule has 1 saturated carbocycles. The molecular weight excluding hydrogens is 278 g/mol. The van der Waals surface area contributed by atoms with Gasteiger partial charge in [0.15, 0.2) is 0 Å². The average molecular weight is 301 g/mol. The van der Waals surface area contributed by atoms with E-state index in [4.69, 9.17) is 0 Å². The molecule has 0 radical (unpaired) electrons. The number of carbonyl (C=O) groups is 2. The molecule has 2 fully saturated rings. The number of amides is 2. The molecule has 3 rings (SSSR count). The molecular formula is C17H23N3O2. The molecule has 0 atom stereocenters. The van der Waals surface area contributed by atoms with E-state index in [9.17, 15) is 9.59 Å². The van der Waals surface area contributed by atoms with Gasteiger partial charge >= 0.3 is 0 Å². The van der Waals surface area contributed by atoms with Crippen molar-refractivity contribution in [2.45, 2.75) is 39.0 Å². The van der Waals surface area contributed by atoms with Gasteiger partial charge in [-0.15, -0.1) is 0 Å². The van der Waals surface area contributed by atoms with Crippen LogP contribution in [0.1, 0.15) is 37.7 Å². The van der Waals surface area contributed by atoms with E-state index in [-0.39, 0.29) is 17.7 Å². The van der Waals surface area contributed by atoms with Gasteiger partial charge in [0, 0.05) is 31.1 Å². The van der Waals surface area contributed by atoms with Crippen molar-refractivity contribution < 1.29 is 9.59 Å².